The summed E-state index contributed by atoms with van der Waals surface area (Å²) in [4.78, 5) is 7.57. The number of nitrogens with one attached hydrogen (secondary N) is 2. The van der Waals surface area contributed by atoms with E-state index in [1.807, 2.05) is 6.92 Å². The molecule has 8 heteroatoms. The number of hydrogen-bond donors (Lipinski definition) is 3. The molecule has 0 bridgehead atoms. The molecule has 0 saturated heterocycles. The second-order valence-electron chi connectivity index (χ2n) is 5.70. The molecule has 0 radical (unpaired) electrons. The van der Waals surface area contributed by atoms with E-state index in [4.69, 9.17) is 0 Å². The molecule has 1 aromatic heterocycles. The minimum absolute atomic E-state index is 0.108. The molecule has 0 saturated carbocycles. The van der Waals surface area contributed by atoms with Crippen LogP contribution in [0.3, 0.4) is 0 Å². The number of aromatic amines is 1. The molecule has 0 aliphatic heterocycles. The summed E-state index contributed by atoms with van der Waals surface area (Å²) in [7, 11) is -0.533. The smallest absolute Gasteiger partial charge is 0.242 e. The summed E-state index contributed by atoms with van der Waals surface area (Å²) >= 11 is 0. The van der Waals surface area contributed by atoms with E-state index in [0.717, 1.165) is 9.87 Å². The average molecular weight is 346 g/mol. The van der Waals surface area contributed by atoms with Crippen molar-refractivity contribution < 1.29 is 13.5 Å². The van der Waals surface area contributed by atoms with Gasteiger partial charge in [-0.05, 0) is 42.8 Å². The Labute approximate surface area is 140 Å². The minimum Gasteiger partial charge on any atom is -0.506 e. The fraction of sp³-hybridized carbons (Fsp3) is 0.188. The van der Waals surface area contributed by atoms with E-state index in [1.54, 1.807) is 30.3 Å². The molecule has 1 heterocycles. The van der Waals surface area contributed by atoms with Crippen LogP contribution in [-0.2, 0) is 10.0 Å². The third-order valence-corrected chi connectivity index (χ3v) is 5.45. The summed E-state index contributed by atoms with van der Waals surface area (Å²) in [6.07, 6.45) is 0. The number of aromatic hydroxyl groups is 1. The van der Waals surface area contributed by atoms with Crippen LogP contribution in [0, 0.1) is 6.92 Å². The second-order valence-corrected chi connectivity index (χ2v) is 7.85. The first-order valence-electron chi connectivity index (χ1n) is 7.26. The number of benzene rings is 2. The van der Waals surface area contributed by atoms with Crippen LogP contribution in [-0.4, -0.2) is 41.9 Å². The van der Waals surface area contributed by atoms with Crippen LogP contribution in [0.15, 0.2) is 41.3 Å². The molecule has 3 rings (SSSR count). The summed E-state index contributed by atoms with van der Waals surface area (Å²) < 4.78 is 25.6. The number of aromatic nitrogens is 2. The van der Waals surface area contributed by atoms with Crippen LogP contribution in [0.25, 0.3) is 11.0 Å². The third-order valence-electron chi connectivity index (χ3n) is 3.64. The zero-order valence-corrected chi connectivity index (χ0v) is 14.3. The summed E-state index contributed by atoms with van der Waals surface area (Å²) in [5, 5.41) is 12.9. The lowest BCUT2D eigenvalue weighted by atomic mass is 10.2. The number of H-pyrrole nitrogens is 1. The summed E-state index contributed by atoms with van der Waals surface area (Å²) in [5.74, 6) is 0.530. The normalized spacial score (nSPS) is 12.0. The Morgan fingerprint density at radius 1 is 1.17 bits per heavy atom. The number of nitrogens with zero attached hydrogens (tertiary/aromatic N) is 2. The Morgan fingerprint density at radius 2 is 1.92 bits per heavy atom. The van der Waals surface area contributed by atoms with E-state index in [2.05, 4.69) is 15.3 Å². The van der Waals surface area contributed by atoms with Crippen molar-refractivity contribution >= 4 is 32.7 Å². The van der Waals surface area contributed by atoms with Gasteiger partial charge in [-0.2, -0.15) is 0 Å². The maximum absolute atomic E-state index is 12.2. The molecule has 0 fully saturated rings. The van der Waals surface area contributed by atoms with Gasteiger partial charge in [0.25, 0.3) is 0 Å². The van der Waals surface area contributed by atoms with Crippen LogP contribution < -0.4 is 5.32 Å². The second kappa shape index (κ2) is 5.81. The lowest BCUT2D eigenvalue weighted by molar-refractivity contribution is 0.477. The molecule has 0 spiro atoms. The van der Waals surface area contributed by atoms with Crippen LogP contribution in [0.2, 0.25) is 0 Å². The molecule has 0 amide bonds. The summed E-state index contributed by atoms with van der Waals surface area (Å²) in [5.41, 5.74) is 2.73. The molecule has 0 aliphatic carbocycles. The largest absolute Gasteiger partial charge is 0.506 e. The molecule has 3 N–H and O–H groups in total. The lowest BCUT2D eigenvalue weighted by Gasteiger charge is -2.10. The highest BCUT2D eigenvalue weighted by Crippen LogP contribution is 2.28. The maximum atomic E-state index is 12.2. The van der Waals surface area contributed by atoms with E-state index in [-0.39, 0.29) is 10.6 Å². The first-order valence-corrected chi connectivity index (χ1v) is 8.70. The van der Waals surface area contributed by atoms with Crippen molar-refractivity contribution in [2.24, 2.45) is 0 Å². The number of phenols is 1. The summed E-state index contributed by atoms with van der Waals surface area (Å²) in [6, 6.07) is 9.90. The maximum Gasteiger partial charge on any atom is 0.242 e. The van der Waals surface area contributed by atoms with Gasteiger partial charge in [-0.15, -0.1) is 0 Å². The molecule has 2 aromatic carbocycles. The van der Waals surface area contributed by atoms with Crippen LogP contribution in [0.4, 0.5) is 11.6 Å². The Hall–Kier alpha value is -2.58. The van der Waals surface area contributed by atoms with E-state index < -0.39 is 10.0 Å². The van der Waals surface area contributed by atoms with Crippen LogP contribution >= 0.6 is 0 Å². The molecule has 0 unspecified atom stereocenters. The molecule has 3 aromatic rings. The SMILES string of the molecule is Cc1ccc(O)c(Nc2nc3ccc(S(=O)(=O)N(C)C)cc3[nH]2)c1. The van der Waals surface area contributed by atoms with Crippen LogP contribution in [0.5, 0.6) is 5.75 Å². The molecule has 24 heavy (non-hydrogen) atoms. The van der Waals surface area contributed by atoms with Gasteiger partial charge in [-0.3, -0.25) is 0 Å². The van der Waals surface area contributed by atoms with Gasteiger partial charge in [0.1, 0.15) is 5.75 Å². The fourth-order valence-corrected chi connectivity index (χ4v) is 3.23. The highest BCUT2D eigenvalue weighted by atomic mass is 32.2. The number of rotatable bonds is 4. The van der Waals surface area contributed by atoms with E-state index in [0.29, 0.717) is 22.7 Å². The van der Waals surface area contributed by atoms with Crippen molar-refractivity contribution in [2.75, 3.05) is 19.4 Å². The van der Waals surface area contributed by atoms with Gasteiger partial charge in [0.05, 0.1) is 21.6 Å². The number of phenolic OH excluding ortho intramolecular Hbond substituents is 1. The lowest BCUT2D eigenvalue weighted by Crippen LogP contribution is -2.22. The average Bonchev–Trinajstić information content (AvgIpc) is 2.92. The van der Waals surface area contributed by atoms with Crippen molar-refractivity contribution in [2.45, 2.75) is 11.8 Å². The molecule has 126 valence electrons. The number of hydrogen-bond acceptors (Lipinski definition) is 5. The molecular formula is C16H18N4O3S. The van der Waals surface area contributed by atoms with Gasteiger partial charge < -0.3 is 15.4 Å². The number of aryl methyl sites for hydroxylation is 1. The standard InChI is InChI=1S/C16H18N4O3S/c1-10-4-7-15(21)14(8-10)19-16-17-12-6-5-11(9-13(12)18-16)24(22,23)20(2)3/h4-9,21H,1-3H3,(H2,17,18,19). The van der Waals surface area contributed by atoms with E-state index >= 15 is 0 Å². The van der Waals surface area contributed by atoms with Crippen molar-refractivity contribution in [1.82, 2.24) is 14.3 Å². The Bertz CT molecular complexity index is 1010. The van der Waals surface area contributed by atoms with Gasteiger partial charge in [-0.1, -0.05) is 6.07 Å². The molecular weight excluding hydrogens is 328 g/mol. The van der Waals surface area contributed by atoms with Crippen LogP contribution in [0.1, 0.15) is 5.56 Å². The Kier molecular flexibility index (Phi) is 3.94. The quantitative estimate of drug-likeness (QED) is 0.631. The molecule has 0 aliphatic rings. The number of fused-ring (bicyclic) bond motifs is 1. The fourth-order valence-electron chi connectivity index (χ4n) is 2.30. The van der Waals surface area contributed by atoms with Gasteiger partial charge in [0.2, 0.25) is 16.0 Å². The van der Waals surface area contributed by atoms with Crippen molar-refractivity contribution in [3.63, 3.8) is 0 Å². The van der Waals surface area contributed by atoms with Gasteiger partial charge in [-0.25, -0.2) is 17.7 Å². The van der Waals surface area contributed by atoms with Crippen molar-refractivity contribution in [3.05, 3.63) is 42.0 Å². The van der Waals surface area contributed by atoms with Crippen molar-refractivity contribution in [1.29, 1.82) is 0 Å². The van der Waals surface area contributed by atoms with E-state index in [9.17, 15) is 13.5 Å². The Morgan fingerprint density at radius 3 is 2.62 bits per heavy atom. The number of sulfonamides is 1. The van der Waals surface area contributed by atoms with E-state index in [1.165, 1.54) is 20.2 Å². The van der Waals surface area contributed by atoms with Gasteiger partial charge >= 0.3 is 0 Å². The first-order chi connectivity index (χ1) is 11.3. The molecule has 7 nitrogen and oxygen atoms in total. The zero-order chi connectivity index (χ0) is 17.5. The predicted molar refractivity (Wildman–Crippen MR) is 93.1 cm³/mol. The number of imidazole rings is 1. The zero-order valence-electron chi connectivity index (χ0n) is 13.5. The molecule has 0 atom stereocenters. The van der Waals surface area contributed by atoms with Crippen molar-refractivity contribution in [3.8, 4) is 5.75 Å². The predicted octanol–water partition coefficient (Wildman–Crippen LogP) is 2.57. The topological polar surface area (TPSA) is 98.3 Å². The first kappa shape index (κ1) is 16.3. The monoisotopic (exact) mass is 346 g/mol. The highest BCUT2D eigenvalue weighted by molar-refractivity contribution is 7.89. The number of anilines is 2. The minimum atomic E-state index is -3.51. The van der Waals surface area contributed by atoms with Gasteiger partial charge in [0, 0.05) is 14.1 Å². The summed E-state index contributed by atoms with van der Waals surface area (Å²) in [6.45, 7) is 1.92. The van der Waals surface area contributed by atoms with Gasteiger partial charge in [0.15, 0.2) is 0 Å². The third kappa shape index (κ3) is 2.93. The Balaban J connectivity index is 1.99. The highest BCUT2D eigenvalue weighted by Gasteiger charge is 2.18.